The molecule has 3 rings (SSSR count). The van der Waals surface area contributed by atoms with Crippen molar-refractivity contribution in [3.63, 3.8) is 0 Å². The molecule has 0 aliphatic rings. The smallest absolute Gasteiger partial charge is 0.338 e. The van der Waals surface area contributed by atoms with Crippen molar-refractivity contribution < 1.29 is 24.2 Å². The first-order valence-electron chi connectivity index (χ1n) is 8.00. The van der Waals surface area contributed by atoms with E-state index in [-0.39, 0.29) is 16.1 Å². The first kappa shape index (κ1) is 18.5. The summed E-state index contributed by atoms with van der Waals surface area (Å²) in [4.78, 5) is 25.2. The van der Waals surface area contributed by atoms with Crippen molar-refractivity contribution in [2.24, 2.45) is 0 Å². The van der Waals surface area contributed by atoms with Gasteiger partial charge in [0, 0.05) is 4.88 Å². The van der Waals surface area contributed by atoms with Crippen LogP contribution >= 0.6 is 11.3 Å². The van der Waals surface area contributed by atoms with Crippen LogP contribution in [0.5, 0.6) is 11.5 Å². The summed E-state index contributed by atoms with van der Waals surface area (Å²) in [5.74, 6) is -0.948. The van der Waals surface area contributed by atoms with E-state index in [0.717, 1.165) is 10.4 Å². The predicted octanol–water partition coefficient (Wildman–Crippen LogP) is 4.38. The van der Waals surface area contributed by atoms with Crippen LogP contribution in [0.1, 0.15) is 20.7 Å². The number of carboxylic acid groups (broad SMARTS) is 1. The molecule has 0 saturated carbocycles. The Morgan fingerprint density at radius 1 is 0.963 bits per heavy atom. The zero-order valence-corrected chi connectivity index (χ0v) is 15.5. The molecule has 0 aliphatic heterocycles. The average molecular weight is 383 g/mol. The lowest BCUT2D eigenvalue weighted by atomic mass is 10.1. The lowest BCUT2D eigenvalue weighted by Gasteiger charge is -2.12. The monoisotopic (exact) mass is 383 g/mol. The lowest BCUT2D eigenvalue weighted by molar-refractivity contribution is 0.0698. The SMILES string of the molecule is COc1cccc(OC)c1C(=O)Nc1sc(-c2ccccc2)cc1C(=O)O. The second-order valence-electron chi connectivity index (χ2n) is 5.52. The second-order valence-corrected chi connectivity index (χ2v) is 6.57. The number of benzene rings is 2. The molecular weight excluding hydrogens is 366 g/mol. The van der Waals surface area contributed by atoms with Crippen molar-refractivity contribution >= 4 is 28.2 Å². The average Bonchev–Trinajstić information content (AvgIpc) is 3.12. The molecule has 0 fully saturated rings. The molecule has 1 amide bonds. The third-order valence-electron chi connectivity index (χ3n) is 3.90. The number of aromatic carboxylic acids is 1. The quantitative estimate of drug-likeness (QED) is 0.660. The molecule has 0 saturated heterocycles. The summed E-state index contributed by atoms with van der Waals surface area (Å²) in [5.41, 5.74) is 1.11. The van der Waals surface area contributed by atoms with Gasteiger partial charge in [-0.2, -0.15) is 0 Å². The number of rotatable bonds is 6. The molecule has 6 nitrogen and oxygen atoms in total. The van der Waals surface area contributed by atoms with Crippen molar-refractivity contribution in [2.45, 2.75) is 0 Å². The third kappa shape index (κ3) is 3.78. The number of methoxy groups -OCH3 is 2. The molecular formula is C20H17NO5S. The van der Waals surface area contributed by atoms with Crippen LogP contribution in [-0.4, -0.2) is 31.2 Å². The first-order valence-corrected chi connectivity index (χ1v) is 8.81. The van der Waals surface area contributed by atoms with Crippen molar-refractivity contribution in [3.05, 3.63) is 65.7 Å². The fourth-order valence-electron chi connectivity index (χ4n) is 2.63. The number of ether oxygens (including phenoxy) is 2. The van der Waals surface area contributed by atoms with E-state index in [1.807, 2.05) is 30.3 Å². The van der Waals surface area contributed by atoms with Crippen LogP contribution in [0.25, 0.3) is 10.4 Å². The van der Waals surface area contributed by atoms with E-state index in [9.17, 15) is 14.7 Å². The van der Waals surface area contributed by atoms with E-state index in [0.29, 0.717) is 11.5 Å². The van der Waals surface area contributed by atoms with E-state index in [4.69, 9.17) is 9.47 Å². The molecule has 7 heteroatoms. The molecule has 0 bridgehead atoms. The Labute approximate surface area is 160 Å². The summed E-state index contributed by atoms with van der Waals surface area (Å²) < 4.78 is 10.5. The third-order valence-corrected chi connectivity index (χ3v) is 5.00. The van der Waals surface area contributed by atoms with Gasteiger partial charge in [-0.3, -0.25) is 4.79 Å². The van der Waals surface area contributed by atoms with Crippen molar-refractivity contribution in [1.82, 2.24) is 0 Å². The number of carboxylic acids is 1. The number of hydrogen-bond acceptors (Lipinski definition) is 5. The van der Waals surface area contributed by atoms with Gasteiger partial charge >= 0.3 is 5.97 Å². The fraction of sp³-hybridized carbons (Fsp3) is 0.100. The molecule has 0 radical (unpaired) electrons. The highest BCUT2D eigenvalue weighted by atomic mass is 32.1. The maximum Gasteiger partial charge on any atom is 0.338 e. The minimum Gasteiger partial charge on any atom is -0.496 e. The molecule has 27 heavy (non-hydrogen) atoms. The van der Waals surface area contributed by atoms with Crippen LogP contribution in [0.15, 0.2) is 54.6 Å². The normalized spacial score (nSPS) is 10.3. The number of anilines is 1. The Kier molecular flexibility index (Phi) is 5.42. The number of carbonyl (C=O) groups is 2. The number of hydrogen-bond donors (Lipinski definition) is 2. The molecule has 138 valence electrons. The number of carbonyl (C=O) groups excluding carboxylic acids is 1. The van der Waals surface area contributed by atoms with Crippen LogP contribution in [0.2, 0.25) is 0 Å². The largest absolute Gasteiger partial charge is 0.496 e. The number of amides is 1. The van der Waals surface area contributed by atoms with Gasteiger partial charge in [0.05, 0.1) is 19.8 Å². The Balaban J connectivity index is 2.00. The van der Waals surface area contributed by atoms with Crippen LogP contribution in [0, 0.1) is 0 Å². The zero-order valence-electron chi connectivity index (χ0n) is 14.7. The minimum absolute atomic E-state index is 0.0288. The van der Waals surface area contributed by atoms with E-state index in [1.165, 1.54) is 25.6 Å². The van der Waals surface area contributed by atoms with Crippen LogP contribution < -0.4 is 14.8 Å². The Morgan fingerprint density at radius 3 is 2.15 bits per heavy atom. The maximum atomic E-state index is 12.8. The van der Waals surface area contributed by atoms with Gasteiger partial charge in [0.25, 0.3) is 5.91 Å². The zero-order chi connectivity index (χ0) is 19.4. The molecule has 1 heterocycles. The highest BCUT2D eigenvalue weighted by Gasteiger charge is 2.23. The standard InChI is InChI=1S/C20H17NO5S/c1-25-14-9-6-10-15(26-2)17(14)18(22)21-19-13(20(23)24)11-16(27-19)12-7-4-3-5-8-12/h3-11H,1-2H3,(H,21,22)(H,23,24). The van der Waals surface area contributed by atoms with E-state index >= 15 is 0 Å². The maximum absolute atomic E-state index is 12.8. The number of thiophene rings is 1. The summed E-state index contributed by atoms with van der Waals surface area (Å²) in [6, 6.07) is 15.9. The molecule has 2 aromatic carbocycles. The van der Waals surface area contributed by atoms with Gasteiger partial charge in [-0.25, -0.2) is 4.79 Å². The Bertz CT molecular complexity index is 959. The van der Waals surface area contributed by atoms with Gasteiger partial charge in [0.2, 0.25) is 0 Å². The van der Waals surface area contributed by atoms with Gasteiger partial charge < -0.3 is 19.9 Å². The first-order chi connectivity index (χ1) is 13.0. The van der Waals surface area contributed by atoms with Crippen LogP contribution in [-0.2, 0) is 0 Å². The summed E-state index contributed by atoms with van der Waals surface area (Å²) in [6.45, 7) is 0. The minimum atomic E-state index is -1.12. The van der Waals surface area contributed by atoms with Crippen LogP contribution in [0.4, 0.5) is 5.00 Å². The van der Waals surface area contributed by atoms with Crippen LogP contribution in [0.3, 0.4) is 0 Å². The molecule has 2 N–H and O–H groups in total. The van der Waals surface area contributed by atoms with E-state index in [1.54, 1.807) is 24.3 Å². The van der Waals surface area contributed by atoms with E-state index < -0.39 is 11.9 Å². The number of nitrogens with one attached hydrogen (secondary N) is 1. The summed E-state index contributed by atoms with van der Waals surface area (Å²) in [7, 11) is 2.90. The van der Waals surface area contributed by atoms with Gasteiger partial charge in [0.15, 0.2) is 0 Å². The Hall–Kier alpha value is -3.32. The highest BCUT2D eigenvalue weighted by molar-refractivity contribution is 7.20. The second kappa shape index (κ2) is 7.92. The van der Waals surface area contributed by atoms with Gasteiger partial charge in [-0.1, -0.05) is 36.4 Å². The predicted molar refractivity (Wildman–Crippen MR) is 104 cm³/mol. The summed E-state index contributed by atoms with van der Waals surface area (Å²) in [6.07, 6.45) is 0. The summed E-state index contributed by atoms with van der Waals surface area (Å²) >= 11 is 1.20. The fourth-order valence-corrected chi connectivity index (χ4v) is 3.68. The molecule has 0 atom stereocenters. The summed E-state index contributed by atoms with van der Waals surface area (Å²) in [5, 5.41) is 12.5. The van der Waals surface area contributed by atoms with Crippen molar-refractivity contribution in [1.29, 1.82) is 0 Å². The lowest BCUT2D eigenvalue weighted by Crippen LogP contribution is -2.15. The molecule has 0 aliphatic carbocycles. The van der Waals surface area contributed by atoms with Gasteiger partial charge in [0.1, 0.15) is 22.1 Å². The van der Waals surface area contributed by atoms with Crippen molar-refractivity contribution in [3.8, 4) is 21.9 Å². The molecule has 0 unspecified atom stereocenters. The molecule has 1 aromatic heterocycles. The van der Waals surface area contributed by atoms with Gasteiger partial charge in [-0.15, -0.1) is 11.3 Å². The highest BCUT2D eigenvalue weighted by Crippen LogP contribution is 2.37. The molecule has 3 aromatic rings. The van der Waals surface area contributed by atoms with Crippen molar-refractivity contribution in [2.75, 3.05) is 19.5 Å². The molecule has 0 spiro atoms. The Morgan fingerprint density at radius 2 is 1.59 bits per heavy atom. The topological polar surface area (TPSA) is 84.9 Å². The van der Waals surface area contributed by atoms with E-state index in [2.05, 4.69) is 5.32 Å². The van der Waals surface area contributed by atoms with Gasteiger partial charge in [-0.05, 0) is 23.8 Å².